The maximum absolute atomic E-state index is 14.2. The van der Waals surface area contributed by atoms with E-state index in [4.69, 9.17) is 5.26 Å². The molecule has 1 unspecified atom stereocenters. The van der Waals surface area contributed by atoms with Crippen LogP contribution in [0.5, 0.6) is 0 Å². The summed E-state index contributed by atoms with van der Waals surface area (Å²) < 4.78 is 14.2. The van der Waals surface area contributed by atoms with Crippen molar-refractivity contribution in [2.24, 2.45) is 0 Å². The first-order valence-electron chi connectivity index (χ1n) is 7.15. The van der Waals surface area contributed by atoms with Crippen molar-refractivity contribution >= 4 is 17.5 Å². The number of benzene rings is 2. The molecule has 0 amide bonds. The van der Waals surface area contributed by atoms with Gasteiger partial charge in [-0.05, 0) is 35.2 Å². The Morgan fingerprint density at radius 1 is 1.13 bits per heavy atom. The Morgan fingerprint density at radius 2 is 1.91 bits per heavy atom. The zero-order valence-corrected chi connectivity index (χ0v) is 12.8. The second kappa shape index (κ2) is 5.49. The average Bonchev–Trinajstić information content (AvgIpc) is 3.18. The van der Waals surface area contributed by atoms with Crippen molar-refractivity contribution in [3.63, 3.8) is 0 Å². The lowest BCUT2D eigenvalue weighted by Crippen LogP contribution is -2.24. The number of hydrogen-bond acceptors (Lipinski definition) is 4. The van der Waals surface area contributed by atoms with E-state index in [0.29, 0.717) is 11.1 Å². The molecule has 0 fully saturated rings. The summed E-state index contributed by atoms with van der Waals surface area (Å²) in [7, 11) is 0. The monoisotopic (exact) mass is 321 g/mol. The van der Waals surface area contributed by atoms with E-state index < -0.39 is 0 Å². The molecule has 2 aromatic carbocycles. The predicted molar refractivity (Wildman–Crippen MR) is 88.9 cm³/mol. The fraction of sp³-hybridized carbons (Fsp3) is 0.0556. The van der Waals surface area contributed by atoms with Crippen LogP contribution in [-0.4, -0.2) is 4.90 Å². The summed E-state index contributed by atoms with van der Waals surface area (Å²) in [6.07, 6.45) is 1.89. The van der Waals surface area contributed by atoms with Gasteiger partial charge in [-0.1, -0.05) is 36.0 Å². The molecule has 4 rings (SSSR count). The first kappa shape index (κ1) is 13.9. The van der Waals surface area contributed by atoms with Crippen molar-refractivity contribution in [3.8, 4) is 6.07 Å². The number of fused-ring (bicyclic) bond motifs is 1. The largest absolute Gasteiger partial charge is 0.358 e. The molecule has 3 nitrogen and oxygen atoms in total. The third-order valence-corrected chi connectivity index (χ3v) is 4.80. The molecule has 2 heterocycles. The molecular formula is C18H12FN3S. The lowest BCUT2D eigenvalue weighted by molar-refractivity contribution is 0.375. The van der Waals surface area contributed by atoms with Crippen LogP contribution in [0.1, 0.15) is 22.9 Å². The van der Waals surface area contributed by atoms with Gasteiger partial charge in [0.1, 0.15) is 17.0 Å². The van der Waals surface area contributed by atoms with E-state index in [1.54, 1.807) is 36.0 Å². The van der Waals surface area contributed by atoms with Crippen LogP contribution in [-0.2, 0) is 0 Å². The molecular weight excluding hydrogens is 309 g/mol. The number of nitrogens with zero attached hydrogens (tertiary/aromatic N) is 2. The lowest BCUT2D eigenvalue weighted by atomic mass is 10.1. The van der Waals surface area contributed by atoms with E-state index in [1.807, 2.05) is 29.8 Å². The van der Waals surface area contributed by atoms with Crippen molar-refractivity contribution < 1.29 is 4.39 Å². The van der Waals surface area contributed by atoms with Gasteiger partial charge < -0.3 is 10.2 Å². The predicted octanol–water partition coefficient (Wildman–Crippen LogP) is 4.15. The van der Waals surface area contributed by atoms with Gasteiger partial charge in [0.05, 0.1) is 17.3 Å². The Morgan fingerprint density at radius 3 is 2.65 bits per heavy atom. The van der Waals surface area contributed by atoms with Crippen LogP contribution in [0.3, 0.4) is 0 Å². The second-order valence-electron chi connectivity index (χ2n) is 5.25. The number of hydrogen-bond donors (Lipinski definition) is 1. The minimum Gasteiger partial charge on any atom is -0.358 e. The zero-order chi connectivity index (χ0) is 15.8. The van der Waals surface area contributed by atoms with Gasteiger partial charge in [-0.3, -0.25) is 0 Å². The Balaban J connectivity index is 1.73. The summed E-state index contributed by atoms with van der Waals surface area (Å²) in [4.78, 5) is 2.09. The lowest BCUT2D eigenvalue weighted by Gasteiger charge is -2.22. The van der Waals surface area contributed by atoms with E-state index >= 15 is 0 Å². The summed E-state index contributed by atoms with van der Waals surface area (Å²) in [5.74, 6) is -0.240. The fourth-order valence-electron chi connectivity index (χ4n) is 2.79. The van der Waals surface area contributed by atoms with Gasteiger partial charge in [-0.25, -0.2) is 4.39 Å². The van der Waals surface area contributed by atoms with Gasteiger partial charge in [-0.15, -0.1) is 0 Å². The normalized spacial score (nSPS) is 18.8. The maximum atomic E-state index is 14.2. The van der Waals surface area contributed by atoms with Gasteiger partial charge in [-0.2, -0.15) is 5.26 Å². The van der Waals surface area contributed by atoms with Crippen LogP contribution in [0.25, 0.3) is 5.70 Å². The van der Waals surface area contributed by atoms with Crippen LogP contribution < -0.4 is 5.32 Å². The second-order valence-corrected chi connectivity index (χ2v) is 6.15. The maximum Gasteiger partial charge on any atom is 0.132 e. The van der Waals surface area contributed by atoms with Crippen molar-refractivity contribution in [2.45, 2.75) is 6.17 Å². The SMILES string of the molecule is N#Cc1ccc(C2NC(c3ccccc3F)=C3SC=CN32)cc1. The molecule has 0 aliphatic carbocycles. The van der Waals surface area contributed by atoms with Crippen molar-refractivity contribution in [3.05, 3.63) is 87.7 Å². The summed E-state index contributed by atoms with van der Waals surface area (Å²) >= 11 is 1.57. The van der Waals surface area contributed by atoms with Crippen LogP contribution in [0.4, 0.5) is 4.39 Å². The van der Waals surface area contributed by atoms with E-state index in [2.05, 4.69) is 16.3 Å². The van der Waals surface area contributed by atoms with Crippen molar-refractivity contribution in [1.29, 1.82) is 5.26 Å². The smallest absolute Gasteiger partial charge is 0.132 e. The molecule has 23 heavy (non-hydrogen) atoms. The Kier molecular flexibility index (Phi) is 3.32. The number of halogens is 1. The number of thioether (sulfide) groups is 1. The van der Waals surface area contributed by atoms with Crippen LogP contribution in [0.2, 0.25) is 0 Å². The van der Waals surface area contributed by atoms with E-state index in [-0.39, 0.29) is 12.0 Å². The third-order valence-electron chi connectivity index (χ3n) is 3.91. The molecule has 1 N–H and O–H groups in total. The molecule has 0 radical (unpaired) electrons. The summed E-state index contributed by atoms with van der Waals surface area (Å²) in [6.45, 7) is 0. The molecule has 2 aliphatic rings. The molecule has 0 saturated heterocycles. The highest BCUT2D eigenvalue weighted by molar-refractivity contribution is 8.06. The van der Waals surface area contributed by atoms with E-state index in [9.17, 15) is 4.39 Å². The van der Waals surface area contributed by atoms with Crippen LogP contribution in [0, 0.1) is 17.1 Å². The quantitative estimate of drug-likeness (QED) is 0.902. The molecule has 0 spiro atoms. The van der Waals surface area contributed by atoms with E-state index in [1.165, 1.54) is 6.07 Å². The molecule has 0 saturated carbocycles. The van der Waals surface area contributed by atoms with E-state index in [0.717, 1.165) is 16.3 Å². The average molecular weight is 321 g/mol. The molecule has 1 atom stereocenters. The molecule has 2 aliphatic heterocycles. The minimum atomic E-state index is -0.240. The van der Waals surface area contributed by atoms with Gasteiger partial charge >= 0.3 is 0 Å². The molecule has 2 aromatic rings. The summed E-state index contributed by atoms with van der Waals surface area (Å²) in [5, 5.41) is 15.3. The topological polar surface area (TPSA) is 39.1 Å². The van der Waals surface area contributed by atoms with Gasteiger partial charge in [0.15, 0.2) is 0 Å². The van der Waals surface area contributed by atoms with Crippen molar-refractivity contribution in [2.75, 3.05) is 0 Å². The highest BCUT2D eigenvalue weighted by Gasteiger charge is 2.34. The van der Waals surface area contributed by atoms with Gasteiger partial charge in [0.2, 0.25) is 0 Å². The summed E-state index contributed by atoms with van der Waals surface area (Å²) in [6, 6.07) is 16.3. The van der Waals surface area contributed by atoms with Gasteiger partial charge in [0, 0.05) is 11.8 Å². The standard InChI is InChI=1S/C18H12FN3S/c19-15-4-2-1-3-14(15)16-18-22(9-10-23-18)17(21-16)13-7-5-12(11-20)6-8-13/h1-10,17,21H. The Bertz CT molecular complexity index is 865. The molecule has 112 valence electrons. The van der Waals surface area contributed by atoms with Crippen LogP contribution in [0.15, 0.2) is 65.2 Å². The minimum absolute atomic E-state index is 0.0985. The van der Waals surface area contributed by atoms with Gasteiger partial charge in [0.25, 0.3) is 0 Å². The Labute approximate surface area is 137 Å². The fourth-order valence-corrected chi connectivity index (χ4v) is 3.68. The summed E-state index contributed by atoms with van der Waals surface area (Å²) in [5.41, 5.74) is 3.02. The molecule has 5 heteroatoms. The third kappa shape index (κ3) is 2.28. The molecule has 0 aromatic heterocycles. The zero-order valence-electron chi connectivity index (χ0n) is 12.0. The highest BCUT2D eigenvalue weighted by Crippen LogP contribution is 2.45. The first-order valence-corrected chi connectivity index (χ1v) is 8.03. The first-order chi connectivity index (χ1) is 11.3. The molecule has 0 bridgehead atoms. The number of nitrogens with one attached hydrogen (secondary N) is 1. The number of rotatable bonds is 2. The highest BCUT2D eigenvalue weighted by atomic mass is 32.2. The Hall–Kier alpha value is -2.71. The van der Waals surface area contributed by atoms with Crippen LogP contribution >= 0.6 is 11.8 Å². The number of nitriles is 1. The van der Waals surface area contributed by atoms with Crippen molar-refractivity contribution in [1.82, 2.24) is 10.2 Å².